The average Bonchev–Trinajstić information content (AvgIpc) is 2.83. The number of nitrogens with zero attached hydrogens (tertiary/aromatic N) is 1. The van der Waals surface area contributed by atoms with Crippen molar-refractivity contribution in [2.24, 2.45) is 5.92 Å². The van der Waals surface area contributed by atoms with Crippen LogP contribution in [0.3, 0.4) is 0 Å². The number of rotatable bonds is 9. The van der Waals surface area contributed by atoms with E-state index in [1.807, 2.05) is 30.3 Å². The first-order valence-corrected chi connectivity index (χ1v) is 10.5. The van der Waals surface area contributed by atoms with Crippen LogP contribution in [0.1, 0.15) is 30.0 Å². The fourth-order valence-corrected chi connectivity index (χ4v) is 4.35. The summed E-state index contributed by atoms with van der Waals surface area (Å²) in [5, 5.41) is 9.44. The molecule has 2 aromatic carbocycles. The molecule has 174 valence electrons. The van der Waals surface area contributed by atoms with Gasteiger partial charge in [-0.3, -0.25) is 9.69 Å². The maximum atomic E-state index is 11.5. The van der Waals surface area contributed by atoms with E-state index in [2.05, 4.69) is 4.90 Å². The van der Waals surface area contributed by atoms with E-state index in [1.165, 1.54) is 0 Å². The predicted octanol–water partition coefficient (Wildman–Crippen LogP) is 3.62. The lowest BCUT2D eigenvalue weighted by Gasteiger charge is -2.38. The van der Waals surface area contributed by atoms with Crippen LogP contribution in [0.5, 0.6) is 28.7 Å². The van der Waals surface area contributed by atoms with Gasteiger partial charge in [0.1, 0.15) is 11.5 Å². The van der Waals surface area contributed by atoms with E-state index in [1.54, 1.807) is 35.5 Å². The summed E-state index contributed by atoms with van der Waals surface area (Å²) in [4.78, 5) is 13.8. The molecule has 0 saturated carbocycles. The molecule has 0 spiro atoms. The highest BCUT2D eigenvalue weighted by Crippen LogP contribution is 2.47. The minimum absolute atomic E-state index is 0.250. The number of likely N-dealkylation sites (tertiary alicyclic amines) is 1. The number of carboxylic acid groups (broad SMARTS) is 1. The van der Waals surface area contributed by atoms with Crippen LogP contribution in [0, 0.1) is 5.92 Å². The van der Waals surface area contributed by atoms with E-state index in [0.29, 0.717) is 54.7 Å². The molecule has 1 aliphatic heterocycles. The molecule has 1 aliphatic rings. The number of aliphatic carboxylic acids is 1. The number of piperidine rings is 1. The monoisotopic (exact) mass is 445 g/mol. The number of benzene rings is 2. The molecule has 0 bridgehead atoms. The minimum atomic E-state index is -0.744. The number of carbonyl (C=O) groups is 1. The molecule has 1 N–H and O–H groups in total. The topological polar surface area (TPSA) is 86.7 Å². The summed E-state index contributed by atoms with van der Waals surface area (Å²) >= 11 is 0. The lowest BCUT2D eigenvalue weighted by Crippen LogP contribution is -2.39. The Morgan fingerprint density at radius 2 is 1.47 bits per heavy atom. The standard InChI is InChI=1S/C24H31NO7/c1-28-16-6-7-17(20(14-16)30-3)21(25-12-10-15(11-13-25)24(26)27)18-8-9-19(29-2)23(32-5)22(18)31-4/h6-9,14-15,21H,10-13H2,1-5H3,(H,26,27). The van der Waals surface area contributed by atoms with Gasteiger partial charge in [0.05, 0.1) is 47.5 Å². The van der Waals surface area contributed by atoms with Crippen LogP contribution < -0.4 is 23.7 Å². The molecule has 1 saturated heterocycles. The third kappa shape index (κ3) is 4.55. The molecule has 1 fully saturated rings. The van der Waals surface area contributed by atoms with Crippen LogP contribution in [0.2, 0.25) is 0 Å². The van der Waals surface area contributed by atoms with Crippen molar-refractivity contribution in [3.05, 3.63) is 41.5 Å². The third-order valence-corrected chi connectivity index (χ3v) is 6.01. The lowest BCUT2D eigenvalue weighted by atomic mass is 9.90. The molecule has 0 aliphatic carbocycles. The zero-order valence-corrected chi connectivity index (χ0v) is 19.2. The van der Waals surface area contributed by atoms with Crippen molar-refractivity contribution in [2.75, 3.05) is 48.6 Å². The summed E-state index contributed by atoms with van der Waals surface area (Å²) in [6.07, 6.45) is 1.14. The Balaban J connectivity index is 2.16. The highest BCUT2D eigenvalue weighted by atomic mass is 16.5. The lowest BCUT2D eigenvalue weighted by molar-refractivity contribution is -0.143. The third-order valence-electron chi connectivity index (χ3n) is 6.01. The second-order valence-electron chi connectivity index (χ2n) is 7.58. The van der Waals surface area contributed by atoms with Crippen LogP contribution >= 0.6 is 0 Å². The zero-order valence-electron chi connectivity index (χ0n) is 19.2. The van der Waals surface area contributed by atoms with Crippen molar-refractivity contribution in [1.29, 1.82) is 0 Å². The molecule has 1 heterocycles. The van der Waals surface area contributed by atoms with Gasteiger partial charge in [0, 0.05) is 17.2 Å². The largest absolute Gasteiger partial charge is 0.497 e. The molecular weight excluding hydrogens is 414 g/mol. The molecule has 0 radical (unpaired) electrons. The van der Waals surface area contributed by atoms with Crippen molar-refractivity contribution in [3.8, 4) is 28.7 Å². The van der Waals surface area contributed by atoms with Gasteiger partial charge >= 0.3 is 5.97 Å². The summed E-state index contributed by atoms with van der Waals surface area (Å²) in [6, 6.07) is 9.27. The van der Waals surface area contributed by atoms with Crippen molar-refractivity contribution in [1.82, 2.24) is 4.90 Å². The van der Waals surface area contributed by atoms with E-state index in [9.17, 15) is 9.90 Å². The molecule has 32 heavy (non-hydrogen) atoms. The van der Waals surface area contributed by atoms with Crippen LogP contribution in [0.25, 0.3) is 0 Å². The molecule has 8 heteroatoms. The van der Waals surface area contributed by atoms with Crippen LogP contribution in [0.15, 0.2) is 30.3 Å². The molecule has 1 atom stereocenters. The maximum absolute atomic E-state index is 11.5. The van der Waals surface area contributed by atoms with Crippen molar-refractivity contribution < 1.29 is 33.6 Å². The Bertz CT molecular complexity index is 938. The van der Waals surface area contributed by atoms with Crippen LogP contribution in [0.4, 0.5) is 0 Å². The van der Waals surface area contributed by atoms with E-state index in [-0.39, 0.29) is 12.0 Å². The van der Waals surface area contributed by atoms with Gasteiger partial charge in [-0.15, -0.1) is 0 Å². The maximum Gasteiger partial charge on any atom is 0.306 e. The molecule has 0 aromatic heterocycles. The number of hydrogen-bond acceptors (Lipinski definition) is 7. The highest BCUT2D eigenvalue weighted by Gasteiger charge is 2.34. The first-order chi connectivity index (χ1) is 15.5. The normalized spacial score (nSPS) is 15.7. The quantitative estimate of drug-likeness (QED) is 0.626. The molecule has 8 nitrogen and oxygen atoms in total. The first-order valence-electron chi connectivity index (χ1n) is 10.5. The van der Waals surface area contributed by atoms with Crippen molar-refractivity contribution in [3.63, 3.8) is 0 Å². The van der Waals surface area contributed by atoms with Gasteiger partial charge in [-0.1, -0.05) is 0 Å². The first kappa shape index (κ1) is 23.5. The Hall–Kier alpha value is -3.13. The summed E-state index contributed by atoms with van der Waals surface area (Å²) < 4.78 is 28.0. The second kappa shape index (κ2) is 10.5. The summed E-state index contributed by atoms with van der Waals surface area (Å²) in [6.45, 7) is 1.24. The minimum Gasteiger partial charge on any atom is -0.497 e. The molecule has 0 amide bonds. The smallest absolute Gasteiger partial charge is 0.306 e. The molecule has 2 aromatic rings. The van der Waals surface area contributed by atoms with Gasteiger partial charge in [-0.25, -0.2) is 0 Å². The van der Waals surface area contributed by atoms with E-state index in [0.717, 1.165) is 11.1 Å². The van der Waals surface area contributed by atoms with E-state index >= 15 is 0 Å². The molecule has 1 unspecified atom stereocenters. The van der Waals surface area contributed by atoms with Gasteiger partial charge in [-0.2, -0.15) is 0 Å². The Morgan fingerprint density at radius 1 is 0.844 bits per heavy atom. The Labute approximate surface area is 188 Å². The second-order valence-corrected chi connectivity index (χ2v) is 7.58. The van der Waals surface area contributed by atoms with Crippen molar-refractivity contribution >= 4 is 5.97 Å². The van der Waals surface area contributed by atoms with E-state index < -0.39 is 5.97 Å². The number of hydrogen-bond donors (Lipinski definition) is 1. The summed E-state index contributed by atoms with van der Waals surface area (Å²) in [5.41, 5.74) is 1.80. The number of carboxylic acids is 1. The zero-order chi connectivity index (χ0) is 23.3. The summed E-state index contributed by atoms with van der Waals surface area (Å²) in [5.74, 6) is 1.92. The molecule has 3 rings (SSSR count). The average molecular weight is 446 g/mol. The molecular formula is C24H31NO7. The number of ether oxygens (including phenoxy) is 5. The van der Waals surface area contributed by atoms with Gasteiger partial charge in [0.2, 0.25) is 5.75 Å². The Morgan fingerprint density at radius 3 is 2.00 bits per heavy atom. The van der Waals surface area contributed by atoms with Crippen molar-refractivity contribution in [2.45, 2.75) is 18.9 Å². The Kier molecular flexibility index (Phi) is 7.69. The van der Waals surface area contributed by atoms with Crippen LogP contribution in [-0.4, -0.2) is 64.6 Å². The van der Waals surface area contributed by atoms with Crippen LogP contribution in [-0.2, 0) is 4.79 Å². The fraction of sp³-hybridized carbons (Fsp3) is 0.458. The summed E-state index contributed by atoms with van der Waals surface area (Å²) in [7, 11) is 7.99. The fourth-order valence-electron chi connectivity index (χ4n) is 4.35. The van der Waals surface area contributed by atoms with E-state index in [4.69, 9.17) is 23.7 Å². The predicted molar refractivity (Wildman–Crippen MR) is 119 cm³/mol. The SMILES string of the molecule is COc1ccc(C(c2ccc(OC)c(OC)c2OC)N2CCC(C(=O)O)CC2)c(OC)c1. The van der Waals surface area contributed by atoms with Gasteiger partial charge in [0.25, 0.3) is 0 Å². The van der Waals surface area contributed by atoms with Gasteiger partial charge in [-0.05, 0) is 50.2 Å². The van der Waals surface area contributed by atoms with Gasteiger partial charge < -0.3 is 28.8 Å². The highest BCUT2D eigenvalue weighted by molar-refractivity contribution is 5.70. The van der Waals surface area contributed by atoms with Gasteiger partial charge in [0.15, 0.2) is 11.5 Å². The number of methoxy groups -OCH3 is 5.